The topological polar surface area (TPSA) is 121 Å². The number of allylic oxidation sites excluding steroid dienone is 2. The molecule has 2 N–H and O–H groups in total. The summed E-state index contributed by atoms with van der Waals surface area (Å²) in [5, 5.41) is 27.5. The highest BCUT2D eigenvalue weighted by Crippen LogP contribution is 2.37. The summed E-state index contributed by atoms with van der Waals surface area (Å²) in [6.07, 6.45) is 9.77. The number of aliphatic hydroxyl groups excluding tert-OH is 1. The van der Waals surface area contributed by atoms with Crippen LogP contribution in [0.4, 0.5) is 0 Å². The van der Waals surface area contributed by atoms with E-state index in [2.05, 4.69) is 44.0 Å². The van der Waals surface area contributed by atoms with Crippen LogP contribution in [-0.4, -0.2) is 43.7 Å². The van der Waals surface area contributed by atoms with E-state index in [1.54, 1.807) is 0 Å². The summed E-state index contributed by atoms with van der Waals surface area (Å²) >= 11 is 0. The fourth-order valence-electron chi connectivity index (χ4n) is 4.37. The predicted octanol–water partition coefficient (Wildman–Crippen LogP) is 3.58. The van der Waals surface area contributed by atoms with Crippen LogP contribution in [0.5, 0.6) is 0 Å². The van der Waals surface area contributed by atoms with Crippen molar-refractivity contribution in [2.45, 2.75) is 69.9 Å². The molecule has 8 nitrogen and oxygen atoms in total. The summed E-state index contributed by atoms with van der Waals surface area (Å²) in [5.74, 6) is 0.549. The van der Waals surface area contributed by atoms with E-state index in [1.807, 2.05) is 24.3 Å². The van der Waals surface area contributed by atoms with Crippen molar-refractivity contribution >= 4 is 5.78 Å². The van der Waals surface area contributed by atoms with Gasteiger partial charge in [0.05, 0.1) is 6.10 Å². The van der Waals surface area contributed by atoms with Gasteiger partial charge in [0.25, 0.3) is 0 Å². The number of benzene rings is 1. The molecule has 1 saturated carbocycles. The third-order valence-electron chi connectivity index (χ3n) is 6.13. The summed E-state index contributed by atoms with van der Waals surface area (Å²) in [5.41, 5.74) is 1.20. The van der Waals surface area contributed by atoms with Crippen LogP contribution in [0.1, 0.15) is 56.3 Å². The maximum atomic E-state index is 12.5. The minimum atomic E-state index is -0.467. The number of aromatic nitrogens is 4. The number of ketones is 1. The number of carbonyl (C=O) groups excluding carboxylic acids is 1. The Bertz CT molecular complexity index is 825. The maximum Gasteiger partial charge on any atom is 0.174 e. The average Bonchev–Trinajstić information content (AvgIpc) is 3.41. The Morgan fingerprint density at radius 1 is 1.19 bits per heavy atom. The second-order valence-electron chi connectivity index (χ2n) is 8.30. The first-order valence-electron chi connectivity index (χ1n) is 11.1. The summed E-state index contributed by atoms with van der Waals surface area (Å²) in [6, 6.07) is 9.61. The number of aromatic amines is 1. The van der Waals surface area contributed by atoms with Gasteiger partial charge in [-0.05, 0) is 56.4 Å². The van der Waals surface area contributed by atoms with E-state index < -0.39 is 12.1 Å². The van der Waals surface area contributed by atoms with E-state index in [0.29, 0.717) is 31.5 Å². The van der Waals surface area contributed by atoms with Crippen LogP contribution in [-0.2, 0) is 17.6 Å². The monoisotopic (exact) mass is 425 g/mol. The molecule has 0 spiro atoms. The Labute approximate surface area is 182 Å². The van der Waals surface area contributed by atoms with Gasteiger partial charge in [-0.1, -0.05) is 52.9 Å². The highest BCUT2D eigenvalue weighted by atomic mass is 16.3. The van der Waals surface area contributed by atoms with Crippen molar-refractivity contribution in [3.05, 3.63) is 58.8 Å². The van der Waals surface area contributed by atoms with E-state index >= 15 is 0 Å². The minimum absolute atomic E-state index is 0.0830. The Morgan fingerprint density at radius 2 is 2.03 bits per heavy atom. The third-order valence-corrected chi connectivity index (χ3v) is 6.13. The lowest BCUT2D eigenvalue weighted by Gasteiger charge is -2.21. The van der Waals surface area contributed by atoms with Gasteiger partial charge in [-0.25, -0.2) is 0 Å². The smallest absolute Gasteiger partial charge is 0.174 e. The molecule has 166 valence electrons. The van der Waals surface area contributed by atoms with E-state index in [9.17, 15) is 14.8 Å². The zero-order valence-corrected chi connectivity index (χ0v) is 17.8. The Hall–Kier alpha value is -2.74. The lowest BCUT2D eigenvalue weighted by Crippen LogP contribution is -2.21. The first kappa shape index (κ1) is 22.9. The fourth-order valence-corrected chi connectivity index (χ4v) is 4.37. The van der Waals surface area contributed by atoms with Gasteiger partial charge in [-0.3, -0.25) is 4.79 Å². The Morgan fingerprint density at radius 3 is 2.77 bits per heavy atom. The van der Waals surface area contributed by atoms with Gasteiger partial charge in [0.1, 0.15) is 11.8 Å². The standard InChI is InChI=1S/C23H31N5O3/c29-18(13-12-17-8-4-3-5-9-17)14-15-19-20(22(30)16-21(19)26-31)10-6-1-2-7-11-23-24-27-28-25-23/h1,3-6,8-9,18-21,29H,2,7,10-16H2,(H,24,25,27,28). The molecule has 3 rings (SSSR count). The van der Waals surface area contributed by atoms with E-state index in [4.69, 9.17) is 0 Å². The number of aliphatic hydroxyl groups is 1. The van der Waals surface area contributed by atoms with Crippen LogP contribution in [0.3, 0.4) is 0 Å². The van der Waals surface area contributed by atoms with Gasteiger partial charge < -0.3 is 5.11 Å². The van der Waals surface area contributed by atoms with Crippen LogP contribution in [0, 0.1) is 16.7 Å². The summed E-state index contributed by atoms with van der Waals surface area (Å²) in [7, 11) is 0. The third kappa shape index (κ3) is 7.17. The molecule has 1 aliphatic rings. The number of hydrogen-bond acceptors (Lipinski definition) is 7. The predicted molar refractivity (Wildman–Crippen MR) is 117 cm³/mol. The number of carbonyl (C=O) groups is 1. The molecule has 0 saturated heterocycles. The lowest BCUT2D eigenvalue weighted by molar-refractivity contribution is -0.121. The molecular weight excluding hydrogens is 394 g/mol. The number of hydrogen-bond donors (Lipinski definition) is 2. The van der Waals surface area contributed by atoms with Crippen LogP contribution in [0.2, 0.25) is 0 Å². The maximum absolute atomic E-state index is 12.5. The Kier molecular flexibility index (Phi) is 9.02. The van der Waals surface area contributed by atoms with Crippen LogP contribution < -0.4 is 0 Å². The first-order chi connectivity index (χ1) is 15.2. The normalized spacial score (nSPS) is 22.2. The number of tetrazole rings is 1. The van der Waals surface area contributed by atoms with Gasteiger partial charge in [-0.15, -0.1) is 10.2 Å². The van der Waals surface area contributed by atoms with Gasteiger partial charge >= 0.3 is 0 Å². The van der Waals surface area contributed by atoms with Crippen LogP contribution >= 0.6 is 0 Å². The van der Waals surface area contributed by atoms with Crippen molar-refractivity contribution in [2.24, 2.45) is 17.0 Å². The number of H-pyrrole nitrogens is 1. The quantitative estimate of drug-likeness (QED) is 0.287. The largest absolute Gasteiger partial charge is 0.393 e. The van der Waals surface area contributed by atoms with Crippen LogP contribution in [0.15, 0.2) is 47.7 Å². The summed E-state index contributed by atoms with van der Waals surface area (Å²) in [4.78, 5) is 23.8. The minimum Gasteiger partial charge on any atom is -0.393 e. The molecule has 31 heavy (non-hydrogen) atoms. The lowest BCUT2D eigenvalue weighted by atomic mass is 9.85. The van der Waals surface area contributed by atoms with Gasteiger partial charge in [0.2, 0.25) is 0 Å². The molecule has 1 aliphatic carbocycles. The zero-order valence-electron chi connectivity index (χ0n) is 17.8. The van der Waals surface area contributed by atoms with Crippen molar-refractivity contribution in [1.82, 2.24) is 20.6 Å². The zero-order chi connectivity index (χ0) is 21.9. The van der Waals surface area contributed by atoms with Gasteiger partial charge in [0, 0.05) is 18.8 Å². The van der Waals surface area contributed by atoms with Crippen molar-refractivity contribution in [2.75, 3.05) is 0 Å². The molecule has 4 atom stereocenters. The highest BCUT2D eigenvalue weighted by molar-refractivity contribution is 5.84. The van der Waals surface area contributed by atoms with E-state index in [1.165, 1.54) is 5.56 Å². The van der Waals surface area contributed by atoms with Crippen molar-refractivity contribution < 1.29 is 9.90 Å². The van der Waals surface area contributed by atoms with Crippen molar-refractivity contribution in [3.8, 4) is 0 Å². The first-order valence-corrected chi connectivity index (χ1v) is 11.1. The number of nitrogens with one attached hydrogen (secondary N) is 1. The number of aryl methyl sites for hydroxylation is 2. The number of Topliss-reactive ketones (excluding diaryl/α,β-unsaturated/α-hetero) is 1. The molecular formula is C23H31N5O3. The molecule has 0 radical (unpaired) electrons. The number of rotatable bonds is 13. The molecule has 1 heterocycles. The highest BCUT2D eigenvalue weighted by Gasteiger charge is 2.42. The second kappa shape index (κ2) is 12.2. The van der Waals surface area contributed by atoms with E-state index in [0.717, 1.165) is 25.7 Å². The summed E-state index contributed by atoms with van der Waals surface area (Å²) < 4.78 is 0. The molecule has 8 heteroatoms. The number of nitroso groups, excluding NO2 is 1. The average molecular weight is 426 g/mol. The van der Waals surface area contributed by atoms with Crippen molar-refractivity contribution in [1.29, 1.82) is 0 Å². The molecule has 1 aromatic heterocycles. The number of unbranched alkanes of at least 4 members (excludes halogenated alkanes) is 1. The van der Waals surface area contributed by atoms with Gasteiger partial charge in [-0.2, -0.15) is 10.1 Å². The number of nitrogens with zero attached hydrogens (tertiary/aromatic N) is 4. The molecule has 1 aromatic carbocycles. The molecule has 4 unspecified atom stereocenters. The van der Waals surface area contributed by atoms with Gasteiger partial charge in [0.15, 0.2) is 5.82 Å². The Balaban J connectivity index is 1.43. The molecule has 1 fully saturated rings. The van der Waals surface area contributed by atoms with Crippen molar-refractivity contribution in [3.63, 3.8) is 0 Å². The summed E-state index contributed by atoms with van der Waals surface area (Å²) in [6.45, 7) is 0. The second-order valence-corrected chi connectivity index (χ2v) is 8.30. The fraction of sp³-hybridized carbons (Fsp3) is 0.565. The van der Waals surface area contributed by atoms with Crippen LogP contribution in [0.25, 0.3) is 0 Å². The van der Waals surface area contributed by atoms with E-state index in [-0.39, 0.29) is 24.0 Å². The molecule has 0 aliphatic heterocycles. The molecule has 0 amide bonds. The molecule has 0 bridgehead atoms. The SMILES string of the molecule is O=NC1CC(=O)C(CC=CCCCc2nn[nH]n2)C1CCC(O)CCc1ccccc1. The molecule has 2 aromatic rings.